The highest BCUT2D eigenvalue weighted by Gasteiger charge is 2.59. The van der Waals surface area contributed by atoms with E-state index in [4.69, 9.17) is 4.42 Å². The van der Waals surface area contributed by atoms with Crippen LogP contribution in [0.5, 0.6) is 0 Å². The average Bonchev–Trinajstić information content (AvgIpc) is 3.10. The second kappa shape index (κ2) is 6.44. The van der Waals surface area contributed by atoms with Crippen molar-refractivity contribution in [2.45, 2.75) is 18.9 Å². The molecular formula is C22H24N2O2. The monoisotopic (exact) mass is 348 g/mol. The quantitative estimate of drug-likeness (QED) is 0.904. The van der Waals surface area contributed by atoms with Crippen molar-refractivity contribution in [3.05, 3.63) is 65.6 Å². The molecule has 1 saturated heterocycles. The van der Waals surface area contributed by atoms with Crippen molar-refractivity contribution in [2.24, 2.45) is 17.8 Å². The summed E-state index contributed by atoms with van der Waals surface area (Å²) in [6.07, 6.45) is 7.82. The Morgan fingerprint density at radius 2 is 1.85 bits per heavy atom. The van der Waals surface area contributed by atoms with E-state index in [-0.39, 0.29) is 17.9 Å². The molecule has 5 rings (SSSR count). The normalized spacial score (nSPS) is 27.6. The molecule has 0 spiro atoms. The minimum Gasteiger partial charge on any atom is -0.465 e. The van der Waals surface area contributed by atoms with Crippen LogP contribution in [0, 0.1) is 17.8 Å². The zero-order valence-electron chi connectivity index (χ0n) is 14.8. The number of carbonyl (C=O) groups is 1. The van der Waals surface area contributed by atoms with Gasteiger partial charge in [0.1, 0.15) is 5.76 Å². The van der Waals surface area contributed by atoms with Crippen LogP contribution in [0.1, 0.15) is 16.9 Å². The molecule has 2 heterocycles. The maximum atomic E-state index is 12.6. The van der Waals surface area contributed by atoms with Gasteiger partial charge in [0, 0.05) is 31.6 Å². The summed E-state index contributed by atoms with van der Waals surface area (Å²) >= 11 is 0. The molecule has 1 unspecified atom stereocenters. The summed E-state index contributed by atoms with van der Waals surface area (Å²) in [6.45, 7) is 3.01. The highest BCUT2D eigenvalue weighted by Crippen LogP contribution is 2.51. The van der Waals surface area contributed by atoms with Gasteiger partial charge in [-0.25, -0.2) is 0 Å². The maximum Gasteiger partial charge on any atom is 0.224 e. The van der Waals surface area contributed by atoms with Crippen LogP contribution >= 0.6 is 0 Å². The molecule has 2 aromatic rings. The van der Waals surface area contributed by atoms with E-state index < -0.39 is 0 Å². The zero-order valence-corrected chi connectivity index (χ0v) is 14.8. The lowest BCUT2D eigenvalue weighted by molar-refractivity contribution is -0.123. The third-order valence-corrected chi connectivity index (χ3v) is 6.16. The highest BCUT2D eigenvalue weighted by atomic mass is 16.3. The summed E-state index contributed by atoms with van der Waals surface area (Å²) in [5.74, 6) is 2.52. The van der Waals surface area contributed by atoms with Crippen LogP contribution in [0.4, 0.5) is 0 Å². The molecule has 26 heavy (non-hydrogen) atoms. The van der Waals surface area contributed by atoms with Gasteiger partial charge in [-0.3, -0.25) is 9.69 Å². The Kier molecular flexibility index (Phi) is 3.93. The molecule has 2 fully saturated rings. The Balaban J connectivity index is 1.08. The largest absolute Gasteiger partial charge is 0.465 e. The molecule has 0 bridgehead atoms. The summed E-state index contributed by atoms with van der Waals surface area (Å²) in [6, 6.07) is 12.7. The van der Waals surface area contributed by atoms with Crippen molar-refractivity contribution < 1.29 is 9.21 Å². The van der Waals surface area contributed by atoms with Gasteiger partial charge in [0.05, 0.1) is 6.26 Å². The van der Waals surface area contributed by atoms with Crippen molar-refractivity contribution in [2.75, 3.05) is 19.6 Å². The third kappa shape index (κ3) is 2.99. The SMILES string of the molecule is O=C(NC1Cc2ccccc2C1)C1[C@H]2CN(C/C=C/c3ccco3)C[C@@H]12. The minimum absolute atomic E-state index is 0.240. The topological polar surface area (TPSA) is 45.5 Å². The van der Waals surface area contributed by atoms with E-state index in [9.17, 15) is 4.79 Å². The number of nitrogens with zero attached hydrogens (tertiary/aromatic N) is 1. The van der Waals surface area contributed by atoms with Crippen LogP contribution < -0.4 is 5.32 Å². The van der Waals surface area contributed by atoms with Gasteiger partial charge in [-0.2, -0.15) is 0 Å². The number of hydrogen-bond acceptors (Lipinski definition) is 3. The van der Waals surface area contributed by atoms with E-state index in [0.717, 1.165) is 38.2 Å². The van der Waals surface area contributed by atoms with Crippen molar-refractivity contribution >= 4 is 12.0 Å². The number of furan rings is 1. The predicted octanol–water partition coefficient (Wildman–Crippen LogP) is 2.75. The lowest BCUT2D eigenvalue weighted by Gasteiger charge is -2.18. The number of hydrogen-bond donors (Lipinski definition) is 1. The van der Waals surface area contributed by atoms with Crippen molar-refractivity contribution in [3.8, 4) is 0 Å². The van der Waals surface area contributed by atoms with Crippen LogP contribution in [0.2, 0.25) is 0 Å². The van der Waals surface area contributed by atoms with Gasteiger partial charge in [-0.05, 0) is 54.0 Å². The molecular weight excluding hydrogens is 324 g/mol. The molecule has 1 N–H and O–H groups in total. The fourth-order valence-electron chi connectivity index (χ4n) is 4.81. The lowest BCUT2D eigenvalue weighted by atomic mass is 10.1. The van der Waals surface area contributed by atoms with Gasteiger partial charge in [0.15, 0.2) is 0 Å². The van der Waals surface area contributed by atoms with Gasteiger partial charge < -0.3 is 9.73 Å². The zero-order chi connectivity index (χ0) is 17.5. The summed E-state index contributed by atoms with van der Waals surface area (Å²) in [7, 11) is 0. The average molecular weight is 348 g/mol. The number of fused-ring (bicyclic) bond motifs is 2. The van der Waals surface area contributed by atoms with Crippen LogP contribution in [-0.2, 0) is 17.6 Å². The maximum absolute atomic E-state index is 12.6. The van der Waals surface area contributed by atoms with Crippen molar-refractivity contribution in [3.63, 3.8) is 0 Å². The molecule has 4 heteroatoms. The highest BCUT2D eigenvalue weighted by molar-refractivity contribution is 5.83. The molecule has 2 aliphatic carbocycles. The molecule has 1 aromatic carbocycles. The number of carbonyl (C=O) groups excluding carboxylic acids is 1. The smallest absolute Gasteiger partial charge is 0.224 e. The number of piperidine rings is 1. The molecule has 134 valence electrons. The van der Waals surface area contributed by atoms with Crippen molar-refractivity contribution in [1.29, 1.82) is 0 Å². The molecule has 3 atom stereocenters. The lowest BCUT2D eigenvalue weighted by Crippen LogP contribution is -2.38. The first-order valence-corrected chi connectivity index (χ1v) is 9.57. The molecule has 3 aliphatic rings. The minimum atomic E-state index is 0.240. The predicted molar refractivity (Wildman–Crippen MR) is 100 cm³/mol. The fourth-order valence-corrected chi connectivity index (χ4v) is 4.81. The Hall–Kier alpha value is -2.33. The number of nitrogens with one attached hydrogen (secondary N) is 1. The molecule has 1 amide bonds. The van der Waals surface area contributed by atoms with E-state index in [1.165, 1.54) is 11.1 Å². The van der Waals surface area contributed by atoms with Gasteiger partial charge in [-0.1, -0.05) is 30.3 Å². The fraction of sp³-hybridized carbons (Fsp3) is 0.409. The molecule has 1 saturated carbocycles. The van der Waals surface area contributed by atoms with E-state index in [1.807, 2.05) is 18.2 Å². The van der Waals surface area contributed by atoms with Crippen LogP contribution in [0.15, 0.2) is 53.2 Å². The Bertz CT molecular complexity index is 789. The van der Waals surface area contributed by atoms with Crippen molar-refractivity contribution in [1.82, 2.24) is 10.2 Å². The Morgan fingerprint density at radius 3 is 2.50 bits per heavy atom. The molecule has 1 aliphatic heterocycles. The Labute approximate surface area is 153 Å². The van der Waals surface area contributed by atoms with Gasteiger partial charge in [0.2, 0.25) is 5.91 Å². The first-order valence-electron chi connectivity index (χ1n) is 9.57. The van der Waals surface area contributed by atoms with Gasteiger partial charge in [0.25, 0.3) is 0 Å². The summed E-state index contributed by atoms with van der Waals surface area (Å²) in [4.78, 5) is 15.1. The summed E-state index contributed by atoms with van der Waals surface area (Å²) in [5, 5.41) is 3.31. The number of amides is 1. The first kappa shape index (κ1) is 15.9. The van der Waals surface area contributed by atoms with Crippen LogP contribution in [0.25, 0.3) is 6.08 Å². The number of likely N-dealkylation sites (tertiary alicyclic amines) is 1. The van der Waals surface area contributed by atoms with E-state index in [2.05, 4.69) is 40.6 Å². The molecule has 0 radical (unpaired) electrons. The first-order chi connectivity index (χ1) is 12.8. The van der Waals surface area contributed by atoms with Crippen LogP contribution in [-0.4, -0.2) is 36.5 Å². The molecule has 4 nitrogen and oxygen atoms in total. The summed E-state index contributed by atoms with van der Waals surface area (Å²) < 4.78 is 5.30. The second-order valence-corrected chi connectivity index (χ2v) is 7.87. The van der Waals surface area contributed by atoms with Gasteiger partial charge in [-0.15, -0.1) is 0 Å². The number of benzene rings is 1. The second-order valence-electron chi connectivity index (χ2n) is 7.87. The van der Waals surface area contributed by atoms with E-state index in [1.54, 1.807) is 6.26 Å². The molecule has 1 aromatic heterocycles. The third-order valence-electron chi connectivity index (χ3n) is 6.16. The number of rotatable bonds is 5. The van der Waals surface area contributed by atoms with E-state index >= 15 is 0 Å². The summed E-state index contributed by atoms with van der Waals surface area (Å²) in [5.41, 5.74) is 2.78. The van der Waals surface area contributed by atoms with E-state index in [0.29, 0.717) is 11.8 Å². The van der Waals surface area contributed by atoms with Crippen LogP contribution in [0.3, 0.4) is 0 Å². The van der Waals surface area contributed by atoms with Gasteiger partial charge >= 0.3 is 0 Å². The Morgan fingerprint density at radius 1 is 1.12 bits per heavy atom. The standard InChI is InChI=1S/C22H24N2O2/c25-22(23-17-11-15-5-1-2-6-16(15)12-17)21-19-13-24(14-20(19)21)9-3-7-18-8-4-10-26-18/h1-8,10,17,19-21H,9,11-14H2,(H,23,25)/b7-3+/t19-,20+,21?.